The third-order valence-corrected chi connectivity index (χ3v) is 6.31. The summed E-state index contributed by atoms with van der Waals surface area (Å²) < 4.78 is 42.9. The molecule has 1 saturated heterocycles. The maximum Gasteiger partial charge on any atom is 0.289 e. The average molecular weight is 445 g/mol. The van der Waals surface area contributed by atoms with Gasteiger partial charge in [0.25, 0.3) is 5.91 Å². The van der Waals surface area contributed by atoms with Crippen molar-refractivity contribution in [2.45, 2.75) is 18.7 Å². The standard InChI is InChI=1S/C23H25FN2O4S/c1-31(28,29)16-20-19-5-2-3-6-21(19)30-22(20)23(27)26-12-4-11-25(13-14-26)15-17-7-9-18(24)10-8-17/h2-3,5-10H,4,11-16H2,1H3. The van der Waals surface area contributed by atoms with E-state index in [0.717, 1.165) is 24.8 Å². The highest BCUT2D eigenvalue weighted by Gasteiger charge is 2.28. The molecular weight excluding hydrogens is 419 g/mol. The number of para-hydroxylation sites is 1. The summed E-state index contributed by atoms with van der Waals surface area (Å²) in [5.74, 6) is -0.667. The number of carbonyl (C=O) groups excluding carboxylic acids is 1. The number of hydrogen-bond acceptors (Lipinski definition) is 5. The van der Waals surface area contributed by atoms with Gasteiger partial charge in [-0.1, -0.05) is 30.3 Å². The van der Waals surface area contributed by atoms with Crippen LogP contribution in [0.25, 0.3) is 11.0 Å². The lowest BCUT2D eigenvalue weighted by Gasteiger charge is -2.21. The minimum absolute atomic E-state index is 0.110. The lowest BCUT2D eigenvalue weighted by atomic mass is 10.1. The molecule has 164 valence electrons. The number of amides is 1. The van der Waals surface area contributed by atoms with E-state index < -0.39 is 9.84 Å². The molecular formula is C23H25FN2O4S. The lowest BCUT2D eigenvalue weighted by molar-refractivity contribution is 0.0730. The molecule has 4 rings (SSSR count). The van der Waals surface area contributed by atoms with Crippen LogP contribution in [0.4, 0.5) is 4.39 Å². The van der Waals surface area contributed by atoms with E-state index in [0.29, 0.717) is 42.7 Å². The number of carbonyl (C=O) groups is 1. The minimum atomic E-state index is -3.34. The van der Waals surface area contributed by atoms with Gasteiger partial charge in [0.15, 0.2) is 15.6 Å². The van der Waals surface area contributed by atoms with Crippen LogP contribution in [0.5, 0.6) is 0 Å². The van der Waals surface area contributed by atoms with Crippen molar-refractivity contribution in [2.24, 2.45) is 0 Å². The van der Waals surface area contributed by atoms with Gasteiger partial charge in [-0.15, -0.1) is 0 Å². The monoisotopic (exact) mass is 444 g/mol. The van der Waals surface area contributed by atoms with Crippen molar-refractivity contribution in [3.8, 4) is 0 Å². The van der Waals surface area contributed by atoms with Gasteiger partial charge in [0.2, 0.25) is 0 Å². The molecule has 1 aliphatic heterocycles. The van der Waals surface area contributed by atoms with Crippen molar-refractivity contribution in [3.63, 3.8) is 0 Å². The summed E-state index contributed by atoms with van der Waals surface area (Å²) in [7, 11) is -3.34. The predicted molar refractivity (Wildman–Crippen MR) is 117 cm³/mol. The zero-order valence-corrected chi connectivity index (χ0v) is 18.2. The first-order valence-corrected chi connectivity index (χ1v) is 12.3. The fourth-order valence-corrected chi connectivity index (χ4v) is 4.81. The number of sulfone groups is 1. The minimum Gasteiger partial charge on any atom is -0.451 e. The number of hydrogen-bond donors (Lipinski definition) is 0. The number of furan rings is 1. The highest BCUT2D eigenvalue weighted by molar-refractivity contribution is 7.89. The smallest absolute Gasteiger partial charge is 0.289 e. The van der Waals surface area contributed by atoms with Crippen LogP contribution in [0, 0.1) is 5.82 Å². The molecule has 31 heavy (non-hydrogen) atoms. The Morgan fingerprint density at radius 2 is 1.77 bits per heavy atom. The second-order valence-corrected chi connectivity index (χ2v) is 10.2. The SMILES string of the molecule is CS(=O)(=O)Cc1c(C(=O)N2CCCN(Cc3ccc(F)cc3)CC2)oc2ccccc12. The van der Waals surface area contributed by atoms with Crippen LogP contribution >= 0.6 is 0 Å². The number of rotatable bonds is 5. The molecule has 2 heterocycles. The number of nitrogens with zero attached hydrogens (tertiary/aromatic N) is 2. The van der Waals surface area contributed by atoms with Gasteiger partial charge in [-0.3, -0.25) is 9.69 Å². The highest BCUT2D eigenvalue weighted by atomic mass is 32.2. The molecule has 0 atom stereocenters. The molecule has 1 aromatic heterocycles. The van der Waals surface area contributed by atoms with Gasteiger partial charge in [-0.25, -0.2) is 12.8 Å². The molecule has 1 amide bonds. The molecule has 2 aromatic carbocycles. The van der Waals surface area contributed by atoms with Gasteiger partial charge in [0.1, 0.15) is 11.4 Å². The zero-order valence-electron chi connectivity index (χ0n) is 17.4. The Kier molecular flexibility index (Phi) is 6.11. The highest BCUT2D eigenvalue weighted by Crippen LogP contribution is 2.29. The molecule has 0 N–H and O–H groups in total. The van der Waals surface area contributed by atoms with E-state index in [1.165, 1.54) is 12.1 Å². The van der Waals surface area contributed by atoms with Crippen molar-refractivity contribution in [3.05, 3.63) is 71.2 Å². The summed E-state index contributed by atoms with van der Waals surface area (Å²) in [4.78, 5) is 17.3. The molecule has 6 nitrogen and oxygen atoms in total. The van der Waals surface area contributed by atoms with Crippen LogP contribution in [0.15, 0.2) is 52.9 Å². The Hall–Kier alpha value is -2.71. The average Bonchev–Trinajstić information content (AvgIpc) is 2.91. The third-order valence-electron chi connectivity index (χ3n) is 5.49. The molecule has 8 heteroatoms. The molecule has 0 spiro atoms. The molecule has 0 saturated carbocycles. The van der Waals surface area contributed by atoms with E-state index in [2.05, 4.69) is 4.90 Å². The van der Waals surface area contributed by atoms with Crippen molar-refractivity contribution in [1.82, 2.24) is 9.80 Å². The summed E-state index contributed by atoms with van der Waals surface area (Å²) in [5.41, 5.74) is 1.96. The molecule has 0 unspecified atom stereocenters. The summed E-state index contributed by atoms with van der Waals surface area (Å²) in [6.45, 7) is 3.25. The van der Waals surface area contributed by atoms with E-state index >= 15 is 0 Å². The molecule has 0 bridgehead atoms. The van der Waals surface area contributed by atoms with Crippen LogP contribution in [-0.2, 0) is 22.1 Å². The first kappa shape index (κ1) is 21.5. The van der Waals surface area contributed by atoms with Crippen LogP contribution < -0.4 is 0 Å². The molecule has 1 fully saturated rings. The maximum atomic E-state index is 13.3. The van der Waals surface area contributed by atoms with Crippen LogP contribution in [-0.4, -0.2) is 56.6 Å². The van der Waals surface area contributed by atoms with Crippen molar-refractivity contribution < 1.29 is 22.0 Å². The van der Waals surface area contributed by atoms with E-state index in [1.807, 2.05) is 0 Å². The van der Waals surface area contributed by atoms with E-state index in [-0.39, 0.29) is 23.2 Å². The first-order chi connectivity index (χ1) is 14.8. The zero-order chi connectivity index (χ0) is 22.0. The Labute approximate surface area is 181 Å². The third kappa shape index (κ3) is 5.14. The number of halogens is 1. The van der Waals surface area contributed by atoms with Gasteiger partial charge in [-0.05, 0) is 30.2 Å². The van der Waals surface area contributed by atoms with Crippen molar-refractivity contribution in [1.29, 1.82) is 0 Å². The molecule has 3 aromatic rings. The quantitative estimate of drug-likeness (QED) is 0.603. The Balaban J connectivity index is 1.52. The molecule has 0 aliphatic carbocycles. The largest absolute Gasteiger partial charge is 0.451 e. The summed E-state index contributed by atoms with van der Waals surface area (Å²) in [6.07, 6.45) is 1.94. The van der Waals surface area contributed by atoms with Gasteiger partial charge in [0.05, 0.1) is 5.75 Å². The van der Waals surface area contributed by atoms with Crippen LogP contribution in [0.3, 0.4) is 0 Å². The van der Waals surface area contributed by atoms with Gasteiger partial charge in [-0.2, -0.15) is 0 Å². The second-order valence-electron chi connectivity index (χ2n) is 8.02. The van der Waals surface area contributed by atoms with Crippen LogP contribution in [0.2, 0.25) is 0 Å². The van der Waals surface area contributed by atoms with E-state index in [1.54, 1.807) is 41.3 Å². The number of fused-ring (bicyclic) bond motifs is 1. The van der Waals surface area contributed by atoms with Gasteiger partial charge < -0.3 is 9.32 Å². The summed E-state index contributed by atoms with van der Waals surface area (Å²) in [6, 6.07) is 13.6. The summed E-state index contributed by atoms with van der Waals surface area (Å²) in [5, 5.41) is 0.657. The van der Waals surface area contributed by atoms with Crippen LogP contribution in [0.1, 0.15) is 28.1 Å². The van der Waals surface area contributed by atoms with Gasteiger partial charge >= 0.3 is 0 Å². The maximum absolute atomic E-state index is 13.3. The normalized spacial score (nSPS) is 15.9. The number of benzene rings is 2. The van der Waals surface area contributed by atoms with E-state index in [9.17, 15) is 17.6 Å². The van der Waals surface area contributed by atoms with Gasteiger partial charge in [0, 0.05) is 49.9 Å². The fourth-order valence-electron chi connectivity index (χ4n) is 4.00. The molecule has 1 aliphatic rings. The topological polar surface area (TPSA) is 70.8 Å². The van der Waals surface area contributed by atoms with E-state index in [4.69, 9.17) is 4.42 Å². The Bertz CT molecular complexity index is 1190. The molecule has 0 radical (unpaired) electrons. The lowest BCUT2D eigenvalue weighted by Crippen LogP contribution is -2.35. The predicted octanol–water partition coefficient (Wildman–Crippen LogP) is 3.46. The first-order valence-electron chi connectivity index (χ1n) is 10.2. The summed E-state index contributed by atoms with van der Waals surface area (Å²) >= 11 is 0. The van der Waals surface area contributed by atoms with Crippen molar-refractivity contribution >= 4 is 26.7 Å². The Morgan fingerprint density at radius 3 is 2.52 bits per heavy atom. The van der Waals surface area contributed by atoms with Crippen molar-refractivity contribution in [2.75, 3.05) is 32.4 Å². The second kappa shape index (κ2) is 8.80. The fraction of sp³-hybridized carbons (Fsp3) is 0.348. The Morgan fingerprint density at radius 1 is 1.03 bits per heavy atom.